The minimum Gasteiger partial charge on any atom is -0.355 e. The van der Waals surface area contributed by atoms with E-state index in [-0.39, 0.29) is 11.3 Å². The molecule has 0 atom stereocenters. The summed E-state index contributed by atoms with van der Waals surface area (Å²) in [4.78, 5) is 9.11. The molecule has 7 heteroatoms. The molecule has 0 fully saturated rings. The first-order chi connectivity index (χ1) is 11.4. The highest BCUT2D eigenvalue weighted by Gasteiger charge is 2.35. The summed E-state index contributed by atoms with van der Waals surface area (Å²) >= 11 is 3.45. The molecule has 0 N–H and O–H groups in total. The SMILES string of the molecule is CN(Cc1ccccc1Br)c1nc(C(F)(F)F)nc2ccccc12. The number of para-hydroxylation sites is 1. The Hall–Kier alpha value is -2.15. The van der Waals surface area contributed by atoms with Crippen LogP contribution in [0.15, 0.2) is 53.0 Å². The molecule has 0 saturated carbocycles. The van der Waals surface area contributed by atoms with E-state index in [9.17, 15) is 13.2 Å². The maximum atomic E-state index is 13.1. The fourth-order valence-corrected chi connectivity index (χ4v) is 2.84. The Morgan fingerprint density at radius 2 is 1.67 bits per heavy atom. The fraction of sp³-hybridized carbons (Fsp3) is 0.176. The summed E-state index contributed by atoms with van der Waals surface area (Å²) < 4.78 is 40.2. The van der Waals surface area contributed by atoms with Crippen molar-refractivity contribution in [1.29, 1.82) is 0 Å². The normalized spacial score (nSPS) is 11.7. The number of rotatable bonds is 3. The number of aromatic nitrogens is 2. The molecule has 1 heterocycles. The van der Waals surface area contributed by atoms with Gasteiger partial charge in [0.05, 0.1) is 5.52 Å². The van der Waals surface area contributed by atoms with Crippen LogP contribution in [0.25, 0.3) is 10.9 Å². The van der Waals surface area contributed by atoms with Crippen molar-refractivity contribution in [3.63, 3.8) is 0 Å². The zero-order chi connectivity index (χ0) is 17.3. The van der Waals surface area contributed by atoms with Crippen LogP contribution in [-0.4, -0.2) is 17.0 Å². The average molecular weight is 396 g/mol. The fourth-order valence-electron chi connectivity index (χ4n) is 2.43. The third kappa shape index (κ3) is 3.36. The van der Waals surface area contributed by atoms with E-state index in [1.165, 1.54) is 0 Å². The van der Waals surface area contributed by atoms with Gasteiger partial charge in [0, 0.05) is 23.5 Å². The minimum atomic E-state index is -4.59. The van der Waals surface area contributed by atoms with Crippen molar-refractivity contribution in [3.05, 3.63) is 64.4 Å². The summed E-state index contributed by atoms with van der Waals surface area (Å²) in [6, 6.07) is 14.3. The van der Waals surface area contributed by atoms with E-state index in [0.29, 0.717) is 11.9 Å². The van der Waals surface area contributed by atoms with E-state index in [2.05, 4.69) is 25.9 Å². The molecule has 0 unspecified atom stereocenters. The highest BCUT2D eigenvalue weighted by Crippen LogP contribution is 2.32. The Kier molecular flexibility index (Phi) is 4.45. The predicted octanol–water partition coefficient (Wildman–Crippen LogP) is 5.05. The maximum Gasteiger partial charge on any atom is 0.451 e. The van der Waals surface area contributed by atoms with Crippen LogP contribution in [0.4, 0.5) is 19.0 Å². The van der Waals surface area contributed by atoms with Gasteiger partial charge in [-0.2, -0.15) is 13.2 Å². The van der Waals surface area contributed by atoms with Crippen LogP contribution in [0.3, 0.4) is 0 Å². The molecule has 0 saturated heterocycles. The van der Waals surface area contributed by atoms with Crippen LogP contribution < -0.4 is 4.90 Å². The highest BCUT2D eigenvalue weighted by atomic mass is 79.9. The molecule has 0 aliphatic rings. The zero-order valence-electron chi connectivity index (χ0n) is 12.7. The van der Waals surface area contributed by atoms with Gasteiger partial charge in [0.1, 0.15) is 5.82 Å². The molecule has 0 aliphatic heterocycles. The Balaban J connectivity index is 2.08. The number of hydrogen-bond donors (Lipinski definition) is 0. The lowest BCUT2D eigenvalue weighted by Crippen LogP contribution is -2.21. The van der Waals surface area contributed by atoms with E-state index >= 15 is 0 Å². The van der Waals surface area contributed by atoms with Gasteiger partial charge in [-0.3, -0.25) is 0 Å². The van der Waals surface area contributed by atoms with Crippen molar-refractivity contribution in [2.45, 2.75) is 12.7 Å². The van der Waals surface area contributed by atoms with Gasteiger partial charge < -0.3 is 4.90 Å². The van der Waals surface area contributed by atoms with Crippen molar-refractivity contribution in [2.75, 3.05) is 11.9 Å². The molecule has 1 aromatic heterocycles. The van der Waals surface area contributed by atoms with Crippen molar-refractivity contribution in [3.8, 4) is 0 Å². The van der Waals surface area contributed by atoms with Crippen LogP contribution >= 0.6 is 15.9 Å². The molecule has 3 aromatic rings. The smallest absolute Gasteiger partial charge is 0.355 e. The molecule has 0 spiro atoms. The molecular weight excluding hydrogens is 383 g/mol. The first kappa shape index (κ1) is 16.7. The van der Waals surface area contributed by atoms with Crippen LogP contribution in [0.5, 0.6) is 0 Å². The molecule has 2 aromatic carbocycles. The van der Waals surface area contributed by atoms with E-state index in [1.807, 2.05) is 24.3 Å². The van der Waals surface area contributed by atoms with E-state index in [1.54, 1.807) is 36.2 Å². The van der Waals surface area contributed by atoms with Crippen LogP contribution in [0, 0.1) is 0 Å². The second kappa shape index (κ2) is 6.39. The Morgan fingerprint density at radius 1 is 1.00 bits per heavy atom. The van der Waals surface area contributed by atoms with E-state index in [4.69, 9.17) is 0 Å². The predicted molar refractivity (Wildman–Crippen MR) is 90.8 cm³/mol. The number of fused-ring (bicyclic) bond motifs is 1. The maximum absolute atomic E-state index is 13.1. The molecule has 3 nitrogen and oxygen atoms in total. The Labute approximate surface area is 145 Å². The topological polar surface area (TPSA) is 29.0 Å². The lowest BCUT2D eigenvalue weighted by Gasteiger charge is -2.21. The second-order valence-electron chi connectivity index (χ2n) is 5.33. The quantitative estimate of drug-likeness (QED) is 0.621. The van der Waals surface area contributed by atoms with Crippen molar-refractivity contribution < 1.29 is 13.2 Å². The van der Waals surface area contributed by atoms with Gasteiger partial charge in [0.25, 0.3) is 0 Å². The first-order valence-corrected chi connectivity index (χ1v) is 7.94. The van der Waals surface area contributed by atoms with Crippen LogP contribution in [0.1, 0.15) is 11.4 Å². The van der Waals surface area contributed by atoms with Crippen LogP contribution in [-0.2, 0) is 12.7 Å². The molecule has 3 rings (SSSR count). The zero-order valence-corrected chi connectivity index (χ0v) is 14.3. The van der Waals surface area contributed by atoms with E-state index < -0.39 is 12.0 Å². The van der Waals surface area contributed by atoms with Crippen LogP contribution in [0.2, 0.25) is 0 Å². The number of hydrogen-bond acceptors (Lipinski definition) is 3. The summed E-state index contributed by atoms with van der Waals surface area (Å²) in [5, 5.41) is 0.583. The number of benzene rings is 2. The largest absolute Gasteiger partial charge is 0.451 e. The van der Waals surface area contributed by atoms with Gasteiger partial charge in [0.15, 0.2) is 0 Å². The van der Waals surface area contributed by atoms with Crippen molar-refractivity contribution >= 4 is 32.7 Å². The van der Waals surface area contributed by atoms with Crippen molar-refractivity contribution in [2.24, 2.45) is 0 Å². The molecule has 0 aliphatic carbocycles. The monoisotopic (exact) mass is 395 g/mol. The lowest BCUT2D eigenvalue weighted by molar-refractivity contribution is -0.144. The van der Waals surface area contributed by atoms with Gasteiger partial charge in [-0.05, 0) is 23.8 Å². The highest BCUT2D eigenvalue weighted by molar-refractivity contribution is 9.10. The summed E-state index contributed by atoms with van der Waals surface area (Å²) in [5.41, 5.74) is 1.23. The molecule has 124 valence electrons. The molecule has 24 heavy (non-hydrogen) atoms. The summed E-state index contributed by atoms with van der Waals surface area (Å²) in [6.45, 7) is 0.416. The Morgan fingerprint density at radius 3 is 2.38 bits per heavy atom. The molecule has 0 amide bonds. The van der Waals surface area contributed by atoms with Gasteiger partial charge in [-0.15, -0.1) is 0 Å². The molecule has 0 bridgehead atoms. The lowest BCUT2D eigenvalue weighted by atomic mass is 10.2. The second-order valence-corrected chi connectivity index (χ2v) is 6.19. The summed E-state index contributed by atoms with van der Waals surface area (Å²) in [5.74, 6) is -0.876. The summed E-state index contributed by atoms with van der Waals surface area (Å²) in [7, 11) is 1.72. The third-order valence-corrected chi connectivity index (χ3v) is 4.34. The van der Waals surface area contributed by atoms with Gasteiger partial charge in [-0.25, -0.2) is 9.97 Å². The number of halogens is 4. The number of anilines is 1. The van der Waals surface area contributed by atoms with Gasteiger partial charge >= 0.3 is 6.18 Å². The average Bonchev–Trinajstić information content (AvgIpc) is 2.55. The number of alkyl halides is 3. The first-order valence-electron chi connectivity index (χ1n) is 7.15. The minimum absolute atomic E-state index is 0.253. The molecular formula is C17H13BrF3N3. The van der Waals surface area contributed by atoms with E-state index in [0.717, 1.165) is 10.0 Å². The number of nitrogens with zero attached hydrogens (tertiary/aromatic N) is 3. The molecule has 0 radical (unpaired) electrons. The third-order valence-electron chi connectivity index (χ3n) is 3.56. The van der Waals surface area contributed by atoms with Crippen molar-refractivity contribution in [1.82, 2.24) is 9.97 Å². The summed E-state index contributed by atoms with van der Waals surface area (Å²) in [6.07, 6.45) is -4.59. The van der Waals surface area contributed by atoms with Gasteiger partial charge in [-0.1, -0.05) is 46.3 Å². The Bertz CT molecular complexity index is 880. The van der Waals surface area contributed by atoms with Gasteiger partial charge in [0.2, 0.25) is 5.82 Å². The standard InChI is InChI=1S/C17H13BrF3N3/c1-24(10-11-6-2-4-8-13(11)18)15-12-7-3-5-9-14(12)22-16(23-15)17(19,20)21/h2-9H,10H2,1H3.